The third-order valence-electron chi connectivity index (χ3n) is 4.08. The number of aliphatic hydroxyl groups excluding tert-OH is 1. The monoisotopic (exact) mass is 277 g/mol. The highest BCUT2D eigenvalue weighted by atomic mass is 16.7. The van der Waals surface area contributed by atoms with Gasteiger partial charge in [-0.2, -0.15) is 0 Å². The predicted octanol–water partition coefficient (Wildman–Crippen LogP) is 0.530. The molecule has 0 spiro atoms. The van der Waals surface area contributed by atoms with Crippen molar-refractivity contribution in [3.8, 4) is 5.75 Å². The third kappa shape index (κ3) is 1.65. The highest BCUT2D eigenvalue weighted by molar-refractivity contribution is 6.03. The number of benzene rings is 1. The summed E-state index contributed by atoms with van der Waals surface area (Å²) >= 11 is 0. The smallest absolute Gasteiger partial charge is 0.187 e. The van der Waals surface area contributed by atoms with Gasteiger partial charge in [-0.15, -0.1) is 0 Å². The van der Waals surface area contributed by atoms with Crippen LogP contribution in [0.2, 0.25) is 0 Å². The first-order chi connectivity index (χ1) is 9.78. The summed E-state index contributed by atoms with van der Waals surface area (Å²) in [6.07, 6.45) is -1.90. The van der Waals surface area contributed by atoms with Crippen molar-refractivity contribution in [3.63, 3.8) is 0 Å². The number of rotatable bonds is 2. The summed E-state index contributed by atoms with van der Waals surface area (Å²) in [4.78, 5) is 5.42. The molecule has 0 aliphatic carbocycles. The lowest BCUT2D eigenvalue weighted by atomic mass is 9.84. The van der Waals surface area contributed by atoms with Crippen LogP contribution in [0.3, 0.4) is 0 Å². The maximum atomic E-state index is 10.1. The zero-order valence-corrected chi connectivity index (χ0v) is 10.9. The van der Waals surface area contributed by atoms with E-state index in [4.69, 9.17) is 19.0 Å². The van der Waals surface area contributed by atoms with E-state index in [0.29, 0.717) is 6.61 Å². The van der Waals surface area contributed by atoms with Crippen molar-refractivity contribution >= 4 is 5.71 Å². The van der Waals surface area contributed by atoms with Crippen LogP contribution in [0.4, 0.5) is 0 Å². The average Bonchev–Trinajstić information content (AvgIpc) is 3.11. The first-order valence-electron chi connectivity index (χ1n) is 6.61. The molecule has 1 aromatic rings. The van der Waals surface area contributed by atoms with Gasteiger partial charge in [0.25, 0.3) is 0 Å². The minimum Gasteiger partial charge on any atom is -0.497 e. The molecule has 2 fully saturated rings. The van der Waals surface area contributed by atoms with E-state index in [2.05, 4.69) is 5.16 Å². The van der Waals surface area contributed by atoms with Gasteiger partial charge >= 0.3 is 0 Å². The number of methoxy groups -OCH3 is 1. The Labute approximate surface area is 115 Å². The van der Waals surface area contributed by atoms with Gasteiger partial charge in [-0.05, 0) is 24.3 Å². The molecule has 0 amide bonds. The Bertz CT molecular complexity index is 543. The Hall–Kier alpha value is -1.63. The molecular formula is C14H15NO5. The molecular weight excluding hydrogens is 262 g/mol. The zero-order chi connectivity index (χ0) is 13.7. The van der Waals surface area contributed by atoms with Crippen LogP contribution in [0.25, 0.3) is 0 Å². The zero-order valence-electron chi connectivity index (χ0n) is 10.9. The van der Waals surface area contributed by atoms with Gasteiger partial charge in [0.2, 0.25) is 0 Å². The molecule has 2 bridgehead atoms. The van der Waals surface area contributed by atoms with Gasteiger partial charge in [0.15, 0.2) is 12.4 Å². The molecule has 1 aromatic carbocycles. The van der Waals surface area contributed by atoms with Gasteiger partial charge < -0.3 is 24.2 Å². The number of oxime groups is 1. The van der Waals surface area contributed by atoms with Gasteiger partial charge in [0, 0.05) is 5.56 Å². The lowest BCUT2D eigenvalue weighted by molar-refractivity contribution is -0.207. The highest BCUT2D eigenvalue weighted by Gasteiger charge is 2.56. The molecule has 5 atom stereocenters. The Kier molecular flexibility index (Phi) is 2.70. The molecule has 20 heavy (non-hydrogen) atoms. The Morgan fingerprint density at radius 2 is 2.10 bits per heavy atom. The van der Waals surface area contributed by atoms with Crippen LogP contribution in [0.1, 0.15) is 5.56 Å². The molecule has 6 nitrogen and oxygen atoms in total. The topological polar surface area (TPSA) is 69.5 Å². The molecule has 2 saturated heterocycles. The van der Waals surface area contributed by atoms with Crippen LogP contribution in [0.5, 0.6) is 5.75 Å². The average molecular weight is 277 g/mol. The fraction of sp³-hybridized carbons (Fsp3) is 0.500. The van der Waals surface area contributed by atoms with Crippen molar-refractivity contribution in [3.05, 3.63) is 29.8 Å². The molecule has 4 rings (SSSR count). The van der Waals surface area contributed by atoms with E-state index in [1.54, 1.807) is 7.11 Å². The van der Waals surface area contributed by atoms with Crippen molar-refractivity contribution in [1.29, 1.82) is 0 Å². The van der Waals surface area contributed by atoms with Crippen molar-refractivity contribution in [1.82, 2.24) is 0 Å². The molecule has 3 aliphatic heterocycles. The van der Waals surface area contributed by atoms with Crippen LogP contribution in [-0.4, -0.2) is 49.1 Å². The summed E-state index contributed by atoms with van der Waals surface area (Å²) in [6, 6.07) is 7.61. The standard InChI is InChI=1S/C14H15NO5/c1-17-8-4-2-7(3-5-8)11-10-9-6-18-14(19-9)12(16)13(10)20-15-11/h2-5,9-10,12-14,16H,6H2,1H3/t9-,10+,12-,13-,14-/m1/s1. The molecule has 0 aromatic heterocycles. The minimum absolute atomic E-state index is 0.0999. The molecule has 0 unspecified atom stereocenters. The molecule has 6 heteroatoms. The van der Waals surface area contributed by atoms with E-state index in [1.807, 2.05) is 24.3 Å². The Morgan fingerprint density at radius 1 is 1.30 bits per heavy atom. The number of nitrogens with zero attached hydrogens (tertiary/aromatic N) is 1. The normalized spacial score (nSPS) is 38.1. The van der Waals surface area contributed by atoms with E-state index < -0.39 is 18.5 Å². The number of fused-ring (bicyclic) bond motifs is 4. The molecule has 1 N–H and O–H groups in total. The van der Waals surface area contributed by atoms with Crippen LogP contribution in [-0.2, 0) is 14.3 Å². The van der Waals surface area contributed by atoms with Crippen LogP contribution >= 0.6 is 0 Å². The molecule has 0 radical (unpaired) electrons. The number of hydrogen-bond donors (Lipinski definition) is 1. The quantitative estimate of drug-likeness (QED) is 0.854. The van der Waals surface area contributed by atoms with E-state index in [1.165, 1.54) is 0 Å². The fourth-order valence-corrected chi connectivity index (χ4v) is 3.03. The van der Waals surface area contributed by atoms with E-state index in [9.17, 15) is 5.11 Å². The maximum Gasteiger partial charge on any atom is 0.187 e. The summed E-state index contributed by atoms with van der Waals surface area (Å²) in [6.45, 7) is 0.460. The van der Waals surface area contributed by atoms with Crippen molar-refractivity contribution in [2.75, 3.05) is 13.7 Å². The van der Waals surface area contributed by atoms with Gasteiger partial charge in [-0.3, -0.25) is 0 Å². The van der Waals surface area contributed by atoms with Crippen molar-refractivity contribution in [2.45, 2.75) is 24.6 Å². The van der Waals surface area contributed by atoms with E-state index in [0.717, 1.165) is 17.0 Å². The lowest BCUT2D eigenvalue weighted by Crippen LogP contribution is -2.51. The second-order valence-corrected chi connectivity index (χ2v) is 5.17. The van der Waals surface area contributed by atoms with Crippen molar-refractivity contribution in [2.24, 2.45) is 11.1 Å². The SMILES string of the molecule is COc1ccc(C2=NO[C@H]3[C@@H](O)[C@@H]4OC[C@@H](O4)[C@@H]23)cc1. The predicted molar refractivity (Wildman–Crippen MR) is 68.5 cm³/mol. The second kappa shape index (κ2) is 4.44. The largest absolute Gasteiger partial charge is 0.497 e. The summed E-state index contributed by atoms with van der Waals surface area (Å²) in [5.74, 6) is 0.686. The Balaban J connectivity index is 1.65. The molecule has 3 aliphatic rings. The first-order valence-corrected chi connectivity index (χ1v) is 6.61. The van der Waals surface area contributed by atoms with Gasteiger partial charge in [0.1, 0.15) is 11.9 Å². The summed E-state index contributed by atoms with van der Waals surface area (Å²) in [5.41, 5.74) is 1.74. The van der Waals surface area contributed by atoms with Gasteiger partial charge in [-0.25, -0.2) is 0 Å². The fourth-order valence-electron chi connectivity index (χ4n) is 3.03. The molecule has 106 valence electrons. The number of aliphatic hydroxyl groups is 1. The van der Waals surface area contributed by atoms with Crippen LogP contribution in [0.15, 0.2) is 29.4 Å². The third-order valence-corrected chi connectivity index (χ3v) is 4.08. The van der Waals surface area contributed by atoms with E-state index >= 15 is 0 Å². The summed E-state index contributed by atoms with van der Waals surface area (Å²) < 4.78 is 16.2. The highest BCUT2D eigenvalue weighted by Crippen LogP contribution is 2.39. The van der Waals surface area contributed by atoms with Gasteiger partial charge in [0.05, 0.1) is 31.5 Å². The first kappa shape index (κ1) is 12.1. The molecule has 0 saturated carbocycles. The maximum absolute atomic E-state index is 10.1. The van der Waals surface area contributed by atoms with Crippen LogP contribution < -0.4 is 4.74 Å². The lowest BCUT2D eigenvalue weighted by Gasteiger charge is -2.32. The second-order valence-electron chi connectivity index (χ2n) is 5.17. The van der Waals surface area contributed by atoms with E-state index in [-0.39, 0.29) is 12.0 Å². The number of hydrogen-bond acceptors (Lipinski definition) is 6. The number of ether oxygens (including phenoxy) is 3. The van der Waals surface area contributed by atoms with Gasteiger partial charge in [-0.1, -0.05) is 5.16 Å². The van der Waals surface area contributed by atoms with Crippen molar-refractivity contribution < 1.29 is 24.2 Å². The summed E-state index contributed by atoms with van der Waals surface area (Å²) in [7, 11) is 1.63. The Morgan fingerprint density at radius 3 is 2.85 bits per heavy atom. The summed E-state index contributed by atoms with van der Waals surface area (Å²) in [5, 5.41) is 14.3. The molecule has 3 heterocycles. The minimum atomic E-state index is -0.807. The van der Waals surface area contributed by atoms with Crippen LogP contribution in [0, 0.1) is 5.92 Å².